The fourth-order valence-electron chi connectivity index (χ4n) is 4.04. The number of halogens is 1. The van der Waals surface area contributed by atoms with Gasteiger partial charge in [-0.05, 0) is 48.0 Å². The molecule has 0 bridgehead atoms. The lowest BCUT2D eigenvalue weighted by atomic mass is 10.1. The van der Waals surface area contributed by atoms with Gasteiger partial charge >= 0.3 is 5.69 Å². The SMILES string of the molecule is N#Cc1ccc(Cn2ncc(Cl)c2-c2ccc3nnn(-c4ccc5[nH]c(=O)[nH]c5c4)c3c2)cc1. The van der Waals surface area contributed by atoms with Crippen molar-refractivity contribution in [1.29, 1.82) is 5.26 Å². The topological polar surface area (TPSA) is 121 Å². The summed E-state index contributed by atoms with van der Waals surface area (Å²) >= 11 is 6.54. The number of nitrogens with one attached hydrogen (secondary N) is 2. The number of aromatic nitrogens is 7. The third kappa shape index (κ3) is 3.34. The molecule has 0 amide bonds. The van der Waals surface area contributed by atoms with E-state index < -0.39 is 0 Å². The van der Waals surface area contributed by atoms with Gasteiger partial charge in [0.1, 0.15) is 5.52 Å². The first kappa shape index (κ1) is 20.0. The Balaban J connectivity index is 1.43. The van der Waals surface area contributed by atoms with Gasteiger partial charge in [-0.15, -0.1) is 5.10 Å². The van der Waals surface area contributed by atoms with Crippen LogP contribution in [-0.2, 0) is 6.54 Å². The monoisotopic (exact) mass is 466 g/mol. The number of rotatable bonds is 4. The molecule has 0 saturated heterocycles. The molecule has 0 radical (unpaired) electrons. The zero-order valence-electron chi connectivity index (χ0n) is 17.5. The lowest BCUT2D eigenvalue weighted by Gasteiger charge is -2.10. The Morgan fingerprint density at radius 2 is 1.82 bits per heavy atom. The normalized spacial score (nSPS) is 11.3. The summed E-state index contributed by atoms with van der Waals surface area (Å²) in [5, 5.41) is 22.6. The smallest absolute Gasteiger partial charge is 0.306 e. The van der Waals surface area contributed by atoms with Gasteiger partial charge in [-0.3, -0.25) is 4.68 Å². The number of fused-ring (bicyclic) bond motifs is 2. The molecular weight excluding hydrogens is 452 g/mol. The van der Waals surface area contributed by atoms with E-state index >= 15 is 0 Å². The average Bonchev–Trinajstić information content (AvgIpc) is 3.54. The first-order chi connectivity index (χ1) is 16.6. The van der Waals surface area contributed by atoms with Gasteiger partial charge < -0.3 is 9.97 Å². The Morgan fingerprint density at radius 1 is 1.00 bits per heavy atom. The fourth-order valence-corrected chi connectivity index (χ4v) is 4.29. The standard InChI is InChI=1S/C24H15ClN8O/c25-18-12-27-32(13-15-3-1-14(11-26)2-4-15)23(18)16-5-7-20-22(9-16)33(31-30-20)17-6-8-19-21(10-17)29-24(34)28-19/h1-10,12H,13H2,(H2,28,29,34). The van der Waals surface area contributed by atoms with Gasteiger partial charge in [-0.1, -0.05) is 35.0 Å². The lowest BCUT2D eigenvalue weighted by Crippen LogP contribution is -2.04. The highest BCUT2D eigenvalue weighted by atomic mass is 35.5. The third-order valence-electron chi connectivity index (χ3n) is 5.67. The number of nitrogens with zero attached hydrogens (tertiary/aromatic N) is 6. The molecule has 0 unspecified atom stereocenters. The molecule has 0 atom stereocenters. The molecule has 0 aliphatic carbocycles. The zero-order chi connectivity index (χ0) is 23.2. The van der Waals surface area contributed by atoms with Gasteiger partial charge in [0.15, 0.2) is 0 Å². The maximum absolute atomic E-state index is 11.6. The Labute approximate surface area is 196 Å². The summed E-state index contributed by atoms with van der Waals surface area (Å²) < 4.78 is 3.55. The van der Waals surface area contributed by atoms with E-state index in [0.29, 0.717) is 22.6 Å². The van der Waals surface area contributed by atoms with Crippen molar-refractivity contribution in [2.45, 2.75) is 6.54 Å². The van der Waals surface area contributed by atoms with Crippen LogP contribution in [0.5, 0.6) is 0 Å². The van der Waals surface area contributed by atoms with Crippen molar-refractivity contribution in [1.82, 2.24) is 34.7 Å². The van der Waals surface area contributed by atoms with Crippen molar-refractivity contribution in [3.05, 3.63) is 93.5 Å². The summed E-state index contributed by atoms with van der Waals surface area (Å²) in [7, 11) is 0. The minimum atomic E-state index is -0.261. The molecule has 3 heterocycles. The average molecular weight is 467 g/mol. The summed E-state index contributed by atoms with van der Waals surface area (Å²) in [5.41, 5.74) is 6.66. The molecule has 0 aliphatic heterocycles. The fraction of sp³-hybridized carbons (Fsp3) is 0.0417. The molecule has 6 rings (SSSR count). The minimum Gasteiger partial charge on any atom is -0.306 e. The third-order valence-corrected chi connectivity index (χ3v) is 5.95. The first-order valence-corrected chi connectivity index (χ1v) is 10.8. The van der Waals surface area contributed by atoms with Gasteiger partial charge in [0.05, 0.1) is 57.3 Å². The molecule has 6 aromatic rings. The van der Waals surface area contributed by atoms with Gasteiger partial charge in [0.2, 0.25) is 0 Å². The summed E-state index contributed by atoms with van der Waals surface area (Å²) in [6, 6.07) is 20.8. The van der Waals surface area contributed by atoms with Gasteiger partial charge in [0.25, 0.3) is 0 Å². The Morgan fingerprint density at radius 3 is 2.65 bits per heavy atom. The number of H-pyrrole nitrogens is 2. The molecule has 0 aliphatic rings. The molecule has 0 saturated carbocycles. The number of aromatic amines is 2. The number of hydrogen-bond acceptors (Lipinski definition) is 5. The number of hydrogen-bond donors (Lipinski definition) is 2. The predicted molar refractivity (Wildman–Crippen MR) is 128 cm³/mol. The maximum atomic E-state index is 11.6. The van der Waals surface area contributed by atoms with E-state index in [1.807, 2.05) is 53.2 Å². The van der Waals surface area contributed by atoms with E-state index in [2.05, 4.69) is 31.4 Å². The van der Waals surface area contributed by atoms with Gasteiger partial charge in [0, 0.05) is 5.56 Å². The van der Waals surface area contributed by atoms with Crippen LogP contribution in [0.3, 0.4) is 0 Å². The Hall–Kier alpha value is -4.68. The zero-order valence-corrected chi connectivity index (χ0v) is 18.3. The van der Waals surface area contributed by atoms with Crippen LogP contribution in [-0.4, -0.2) is 34.7 Å². The van der Waals surface area contributed by atoms with Crippen molar-refractivity contribution in [2.24, 2.45) is 0 Å². The van der Waals surface area contributed by atoms with Gasteiger partial charge in [-0.25, -0.2) is 9.48 Å². The number of benzene rings is 3. The Bertz CT molecular complexity index is 1780. The second kappa shape index (κ2) is 7.72. The summed E-state index contributed by atoms with van der Waals surface area (Å²) in [6.45, 7) is 0.501. The van der Waals surface area contributed by atoms with Crippen LogP contribution < -0.4 is 5.69 Å². The first-order valence-electron chi connectivity index (χ1n) is 10.4. The van der Waals surface area contributed by atoms with Crippen LogP contribution in [0.2, 0.25) is 5.02 Å². The van der Waals surface area contributed by atoms with Crippen LogP contribution in [0.1, 0.15) is 11.1 Å². The molecule has 10 heteroatoms. The van der Waals surface area contributed by atoms with Crippen molar-refractivity contribution in [2.75, 3.05) is 0 Å². The quantitative estimate of drug-likeness (QED) is 0.406. The van der Waals surface area contributed by atoms with Crippen LogP contribution >= 0.6 is 11.6 Å². The van der Waals surface area contributed by atoms with Crippen molar-refractivity contribution in [3.63, 3.8) is 0 Å². The second-order valence-electron chi connectivity index (χ2n) is 7.82. The van der Waals surface area contributed by atoms with E-state index in [0.717, 1.165) is 39.1 Å². The molecule has 9 nitrogen and oxygen atoms in total. The van der Waals surface area contributed by atoms with E-state index in [-0.39, 0.29) is 5.69 Å². The molecule has 3 aromatic heterocycles. The molecule has 164 valence electrons. The number of imidazole rings is 1. The van der Waals surface area contributed by atoms with Crippen molar-refractivity contribution >= 4 is 33.7 Å². The van der Waals surface area contributed by atoms with Crippen LogP contribution in [0.25, 0.3) is 39.0 Å². The van der Waals surface area contributed by atoms with Crippen LogP contribution in [0, 0.1) is 11.3 Å². The molecule has 0 fully saturated rings. The largest absolute Gasteiger partial charge is 0.323 e. The van der Waals surface area contributed by atoms with Crippen molar-refractivity contribution in [3.8, 4) is 23.0 Å². The lowest BCUT2D eigenvalue weighted by molar-refractivity contribution is 0.694. The molecule has 0 spiro atoms. The molecule has 2 N–H and O–H groups in total. The molecular formula is C24H15ClN8O. The predicted octanol–water partition coefficient (Wildman–Crippen LogP) is 4.03. The highest BCUT2D eigenvalue weighted by Crippen LogP contribution is 2.31. The summed E-state index contributed by atoms with van der Waals surface area (Å²) in [6.07, 6.45) is 1.62. The number of nitriles is 1. The highest BCUT2D eigenvalue weighted by Gasteiger charge is 2.15. The molecule has 3 aromatic carbocycles. The van der Waals surface area contributed by atoms with E-state index in [4.69, 9.17) is 16.9 Å². The molecule has 34 heavy (non-hydrogen) atoms. The summed E-state index contributed by atoms with van der Waals surface area (Å²) in [4.78, 5) is 17.1. The summed E-state index contributed by atoms with van der Waals surface area (Å²) in [5.74, 6) is 0. The maximum Gasteiger partial charge on any atom is 0.323 e. The van der Waals surface area contributed by atoms with Crippen molar-refractivity contribution < 1.29 is 0 Å². The van der Waals surface area contributed by atoms with E-state index in [1.54, 1.807) is 23.0 Å². The van der Waals surface area contributed by atoms with E-state index in [9.17, 15) is 4.79 Å². The van der Waals surface area contributed by atoms with Crippen LogP contribution in [0.4, 0.5) is 0 Å². The second-order valence-corrected chi connectivity index (χ2v) is 8.23. The Kier molecular flexibility index (Phi) is 4.53. The van der Waals surface area contributed by atoms with Crippen LogP contribution in [0.15, 0.2) is 71.7 Å². The van der Waals surface area contributed by atoms with E-state index in [1.165, 1.54) is 0 Å². The highest BCUT2D eigenvalue weighted by molar-refractivity contribution is 6.33. The van der Waals surface area contributed by atoms with Gasteiger partial charge in [-0.2, -0.15) is 10.4 Å². The minimum absolute atomic E-state index is 0.261.